The summed E-state index contributed by atoms with van der Waals surface area (Å²) in [4.78, 5) is 23.5. The molecule has 2 aromatic heterocycles. The van der Waals surface area contributed by atoms with Gasteiger partial charge >= 0.3 is 5.97 Å². The quantitative estimate of drug-likeness (QED) is 0.607. The van der Waals surface area contributed by atoms with Gasteiger partial charge in [0.2, 0.25) is 0 Å². The molecular weight excluding hydrogens is 318 g/mol. The molecule has 1 aliphatic rings. The molecule has 3 rings (SSSR count). The number of aromatic nitrogens is 4. The van der Waals surface area contributed by atoms with Crippen molar-refractivity contribution in [2.75, 3.05) is 12.3 Å². The minimum atomic E-state index is -1.19. The van der Waals surface area contributed by atoms with Gasteiger partial charge in [0, 0.05) is 6.42 Å². The first kappa shape index (κ1) is 16.6. The lowest BCUT2D eigenvalue weighted by Gasteiger charge is -2.16. The van der Waals surface area contributed by atoms with Crippen LogP contribution < -0.4 is 5.73 Å². The third kappa shape index (κ3) is 2.90. The molecule has 0 amide bonds. The van der Waals surface area contributed by atoms with E-state index in [0.29, 0.717) is 17.8 Å². The molecule has 0 spiro atoms. The maximum absolute atomic E-state index is 11.4. The molecule has 10 heteroatoms. The van der Waals surface area contributed by atoms with E-state index in [-0.39, 0.29) is 24.6 Å². The van der Waals surface area contributed by atoms with Crippen LogP contribution in [0.25, 0.3) is 11.2 Å². The fourth-order valence-electron chi connectivity index (χ4n) is 2.75. The van der Waals surface area contributed by atoms with Gasteiger partial charge in [0.25, 0.3) is 0 Å². The lowest BCUT2D eigenvalue weighted by Crippen LogP contribution is -2.31. The summed E-state index contributed by atoms with van der Waals surface area (Å²) >= 11 is 0. The summed E-state index contributed by atoms with van der Waals surface area (Å²) in [7, 11) is 0. The monoisotopic (exact) mass is 337 g/mol. The molecule has 0 unspecified atom stereocenters. The number of ether oxygens (including phenoxy) is 2. The van der Waals surface area contributed by atoms with Gasteiger partial charge in [-0.1, -0.05) is 0 Å². The number of carbonyl (C=O) groups excluding carboxylic acids is 1. The van der Waals surface area contributed by atoms with Gasteiger partial charge in [0.15, 0.2) is 17.7 Å². The van der Waals surface area contributed by atoms with Gasteiger partial charge in [0.05, 0.1) is 19.0 Å². The van der Waals surface area contributed by atoms with E-state index < -0.39 is 24.5 Å². The molecule has 3 heterocycles. The maximum Gasteiger partial charge on any atom is 0.305 e. The van der Waals surface area contributed by atoms with Gasteiger partial charge < -0.3 is 25.4 Å². The van der Waals surface area contributed by atoms with Gasteiger partial charge in [-0.25, -0.2) is 15.0 Å². The average molecular weight is 337 g/mol. The minimum Gasteiger partial charge on any atom is -0.466 e. The lowest BCUT2D eigenvalue weighted by molar-refractivity contribution is -0.144. The molecule has 0 saturated carbocycles. The highest BCUT2D eigenvalue weighted by Crippen LogP contribution is 2.33. The number of hydrogen-bond acceptors (Lipinski definition) is 9. The predicted octanol–water partition coefficient (Wildman–Crippen LogP) is -0.629. The number of carbonyl (C=O) groups is 1. The van der Waals surface area contributed by atoms with Crippen LogP contribution in [0.4, 0.5) is 5.82 Å². The third-order valence-corrected chi connectivity index (χ3v) is 3.94. The largest absolute Gasteiger partial charge is 0.466 e. The Balaban J connectivity index is 1.77. The summed E-state index contributed by atoms with van der Waals surface area (Å²) in [5, 5.41) is 20.5. The fourth-order valence-corrected chi connectivity index (χ4v) is 2.75. The van der Waals surface area contributed by atoms with Crippen LogP contribution in [0.2, 0.25) is 0 Å². The van der Waals surface area contributed by atoms with Crippen molar-refractivity contribution in [1.82, 2.24) is 19.5 Å². The van der Waals surface area contributed by atoms with Crippen molar-refractivity contribution in [3.63, 3.8) is 0 Å². The van der Waals surface area contributed by atoms with Gasteiger partial charge in [-0.05, 0) is 13.3 Å². The Morgan fingerprint density at radius 2 is 2.17 bits per heavy atom. The molecule has 10 nitrogen and oxygen atoms in total. The summed E-state index contributed by atoms with van der Waals surface area (Å²) in [6, 6.07) is 0. The SMILES string of the molecule is CCOC(=O)CC[C@H]1O[C@@H](n2cnc3c(N)ncnc32)[C@H](O)[C@@H]1O. The summed E-state index contributed by atoms with van der Waals surface area (Å²) in [5.74, 6) is -0.162. The number of nitrogens with zero attached hydrogens (tertiary/aromatic N) is 4. The Kier molecular flexibility index (Phi) is 4.60. The second-order valence-corrected chi connectivity index (χ2v) is 5.47. The first-order chi connectivity index (χ1) is 11.5. The normalized spacial score (nSPS) is 26.8. The highest BCUT2D eigenvalue weighted by molar-refractivity contribution is 5.81. The topological polar surface area (TPSA) is 146 Å². The van der Waals surface area contributed by atoms with Gasteiger partial charge in [-0.3, -0.25) is 9.36 Å². The zero-order chi connectivity index (χ0) is 17.3. The van der Waals surface area contributed by atoms with Crippen molar-refractivity contribution < 1.29 is 24.5 Å². The van der Waals surface area contributed by atoms with Crippen LogP contribution in [-0.4, -0.2) is 60.6 Å². The number of nitrogen functional groups attached to an aromatic ring is 1. The second kappa shape index (κ2) is 6.67. The first-order valence-corrected chi connectivity index (χ1v) is 7.63. The molecular formula is C14H19N5O5. The number of aliphatic hydroxyl groups is 2. The zero-order valence-corrected chi connectivity index (χ0v) is 13.1. The number of nitrogens with two attached hydrogens (primary N) is 1. The summed E-state index contributed by atoms with van der Waals surface area (Å²) in [6.45, 7) is 2.01. The molecule has 0 radical (unpaired) electrons. The van der Waals surface area contributed by atoms with E-state index in [1.54, 1.807) is 6.92 Å². The van der Waals surface area contributed by atoms with Gasteiger partial charge in [-0.15, -0.1) is 0 Å². The minimum absolute atomic E-state index is 0.0921. The molecule has 4 N–H and O–H groups in total. The van der Waals surface area contributed by atoms with E-state index in [2.05, 4.69) is 15.0 Å². The van der Waals surface area contributed by atoms with Crippen molar-refractivity contribution in [3.05, 3.63) is 12.7 Å². The molecule has 1 saturated heterocycles. The number of hydrogen-bond donors (Lipinski definition) is 3. The third-order valence-electron chi connectivity index (χ3n) is 3.94. The van der Waals surface area contributed by atoms with E-state index in [0.717, 1.165) is 0 Å². The Labute approximate surface area is 137 Å². The first-order valence-electron chi connectivity index (χ1n) is 7.63. The Hall–Kier alpha value is -2.30. The van der Waals surface area contributed by atoms with Crippen LogP contribution in [0.15, 0.2) is 12.7 Å². The van der Waals surface area contributed by atoms with E-state index >= 15 is 0 Å². The smallest absolute Gasteiger partial charge is 0.305 e. The van der Waals surface area contributed by atoms with E-state index in [4.69, 9.17) is 15.2 Å². The van der Waals surface area contributed by atoms with Crippen LogP contribution in [0.5, 0.6) is 0 Å². The van der Waals surface area contributed by atoms with E-state index in [1.165, 1.54) is 17.2 Å². The standard InChI is InChI=1S/C14H19N5O5/c1-2-23-8(20)4-3-7-10(21)11(22)14(24-7)19-6-18-9-12(15)16-5-17-13(9)19/h5-7,10-11,14,21-22H,2-4H2,1H3,(H2,15,16,17)/t7-,10-,11-,14-/m1/s1. The van der Waals surface area contributed by atoms with Crippen LogP contribution >= 0.6 is 0 Å². The van der Waals surface area contributed by atoms with Crippen LogP contribution in [0.1, 0.15) is 26.0 Å². The van der Waals surface area contributed by atoms with Crippen molar-refractivity contribution in [1.29, 1.82) is 0 Å². The molecule has 4 atom stereocenters. The number of imidazole rings is 1. The van der Waals surface area contributed by atoms with Crippen LogP contribution in [0.3, 0.4) is 0 Å². The summed E-state index contributed by atoms with van der Waals surface area (Å²) in [6.07, 6.45) is -0.883. The van der Waals surface area contributed by atoms with Crippen LogP contribution in [-0.2, 0) is 14.3 Å². The predicted molar refractivity (Wildman–Crippen MR) is 81.5 cm³/mol. The average Bonchev–Trinajstić information content (AvgIpc) is 3.10. The summed E-state index contributed by atoms with van der Waals surface area (Å²) < 4.78 is 12.1. The van der Waals surface area contributed by atoms with Crippen molar-refractivity contribution >= 4 is 23.0 Å². The highest BCUT2D eigenvalue weighted by atomic mass is 16.6. The van der Waals surface area contributed by atoms with Crippen molar-refractivity contribution in [2.24, 2.45) is 0 Å². The molecule has 1 aliphatic heterocycles. The highest BCUT2D eigenvalue weighted by Gasteiger charge is 2.44. The number of fused-ring (bicyclic) bond motifs is 1. The van der Waals surface area contributed by atoms with E-state index in [1.807, 2.05) is 0 Å². The molecule has 2 aromatic rings. The molecule has 0 aromatic carbocycles. The lowest BCUT2D eigenvalue weighted by atomic mass is 10.1. The molecule has 24 heavy (non-hydrogen) atoms. The Morgan fingerprint density at radius 3 is 2.92 bits per heavy atom. The second-order valence-electron chi connectivity index (χ2n) is 5.47. The zero-order valence-electron chi connectivity index (χ0n) is 13.1. The van der Waals surface area contributed by atoms with Crippen molar-refractivity contribution in [2.45, 2.75) is 44.3 Å². The summed E-state index contributed by atoms with van der Waals surface area (Å²) in [5.41, 5.74) is 6.52. The molecule has 0 aliphatic carbocycles. The Morgan fingerprint density at radius 1 is 1.38 bits per heavy atom. The number of aliphatic hydroxyl groups excluding tert-OH is 2. The van der Waals surface area contributed by atoms with Gasteiger partial charge in [-0.2, -0.15) is 0 Å². The number of esters is 1. The maximum atomic E-state index is 11.4. The number of rotatable bonds is 5. The van der Waals surface area contributed by atoms with Crippen molar-refractivity contribution in [3.8, 4) is 0 Å². The van der Waals surface area contributed by atoms with Crippen LogP contribution in [0, 0.1) is 0 Å². The number of anilines is 1. The fraction of sp³-hybridized carbons (Fsp3) is 0.571. The molecule has 130 valence electrons. The molecule has 1 fully saturated rings. The van der Waals surface area contributed by atoms with Gasteiger partial charge in [0.1, 0.15) is 24.1 Å². The Bertz CT molecular complexity index is 735. The molecule has 0 bridgehead atoms. The van der Waals surface area contributed by atoms with E-state index in [9.17, 15) is 15.0 Å².